The lowest BCUT2D eigenvalue weighted by molar-refractivity contribution is -0.131. The number of rotatable bonds is 5. The molecule has 156 valence electrons. The van der Waals surface area contributed by atoms with Crippen molar-refractivity contribution in [1.82, 2.24) is 24.6 Å². The maximum absolute atomic E-state index is 12.8. The minimum Gasteiger partial charge on any atom is -0.497 e. The molecule has 0 radical (unpaired) electrons. The summed E-state index contributed by atoms with van der Waals surface area (Å²) in [4.78, 5) is 17.2. The molecule has 0 saturated carbocycles. The van der Waals surface area contributed by atoms with Crippen LogP contribution in [0.4, 0.5) is 0 Å². The van der Waals surface area contributed by atoms with Gasteiger partial charge in [-0.3, -0.25) is 9.69 Å². The fraction of sp³-hybridized carbons (Fsp3) is 0.591. The molecule has 29 heavy (non-hydrogen) atoms. The SMILES string of the molecule is COc1ccc(CCC(=O)N2CCc3nnc(C4CCCCN4C)n3CC2)cc1. The lowest BCUT2D eigenvalue weighted by Gasteiger charge is -2.32. The standard InChI is InChI=1S/C22H31N5O2/c1-25-13-4-3-5-19(25)22-24-23-20-12-14-26(15-16-27(20)22)21(28)11-8-17-6-9-18(29-2)10-7-17/h6-7,9-10,19H,3-5,8,11-16H2,1-2H3. The van der Waals surface area contributed by atoms with E-state index < -0.39 is 0 Å². The van der Waals surface area contributed by atoms with E-state index in [1.807, 2.05) is 29.2 Å². The first-order valence-corrected chi connectivity index (χ1v) is 10.7. The number of fused-ring (bicyclic) bond motifs is 1. The quantitative estimate of drug-likeness (QED) is 0.776. The molecule has 7 heteroatoms. The first-order chi connectivity index (χ1) is 14.2. The maximum Gasteiger partial charge on any atom is 0.222 e. The summed E-state index contributed by atoms with van der Waals surface area (Å²) in [6.07, 6.45) is 5.70. The summed E-state index contributed by atoms with van der Waals surface area (Å²) in [6, 6.07) is 8.30. The van der Waals surface area contributed by atoms with Crippen molar-refractivity contribution >= 4 is 5.91 Å². The predicted molar refractivity (Wildman–Crippen MR) is 111 cm³/mol. The number of benzene rings is 1. The number of amides is 1. The van der Waals surface area contributed by atoms with Gasteiger partial charge in [0, 0.05) is 32.5 Å². The van der Waals surface area contributed by atoms with Gasteiger partial charge in [-0.2, -0.15) is 0 Å². The second kappa shape index (κ2) is 8.95. The van der Waals surface area contributed by atoms with Crippen LogP contribution in [0, 0.1) is 0 Å². The van der Waals surface area contributed by atoms with Crippen LogP contribution in [0.1, 0.15) is 48.9 Å². The van der Waals surface area contributed by atoms with Crippen LogP contribution in [0.5, 0.6) is 5.75 Å². The Balaban J connectivity index is 1.36. The van der Waals surface area contributed by atoms with Crippen LogP contribution >= 0.6 is 0 Å². The number of carbonyl (C=O) groups excluding carboxylic acids is 1. The Kier molecular flexibility index (Phi) is 6.13. The van der Waals surface area contributed by atoms with Crippen molar-refractivity contribution in [2.24, 2.45) is 0 Å². The Morgan fingerprint density at radius 2 is 1.93 bits per heavy atom. The summed E-state index contributed by atoms with van der Waals surface area (Å²) in [5.74, 6) is 3.16. The summed E-state index contributed by atoms with van der Waals surface area (Å²) < 4.78 is 7.46. The molecule has 2 aliphatic heterocycles. The number of ether oxygens (including phenoxy) is 1. The van der Waals surface area contributed by atoms with Crippen LogP contribution in [0.25, 0.3) is 0 Å². The number of methoxy groups -OCH3 is 1. The van der Waals surface area contributed by atoms with Gasteiger partial charge in [0.05, 0.1) is 13.2 Å². The van der Waals surface area contributed by atoms with E-state index >= 15 is 0 Å². The Bertz CT molecular complexity index is 832. The summed E-state index contributed by atoms with van der Waals surface area (Å²) in [6.45, 7) is 3.36. The van der Waals surface area contributed by atoms with E-state index in [-0.39, 0.29) is 5.91 Å². The van der Waals surface area contributed by atoms with Gasteiger partial charge in [0.2, 0.25) is 5.91 Å². The third-order valence-corrected chi connectivity index (χ3v) is 6.26. The molecular weight excluding hydrogens is 366 g/mol. The highest BCUT2D eigenvalue weighted by Gasteiger charge is 2.29. The van der Waals surface area contributed by atoms with Crippen molar-refractivity contribution in [3.8, 4) is 5.75 Å². The topological polar surface area (TPSA) is 63.5 Å². The third kappa shape index (κ3) is 4.45. The zero-order valence-electron chi connectivity index (χ0n) is 17.5. The molecule has 1 unspecified atom stereocenters. The third-order valence-electron chi connectivity index (χ3n) is 6.26. The monoisotopic (exact) mass is 397 g/mol. The minimum absolute atomic E-state index is 0.218. The van der Waals surface area contributed by atoms with Crippen molar-refractivity contribution in [2.45, 2.75) is 51.1 Å². The number of hydrogen-bond donors (Lipinski definition) is 0. The Labute approximate surface area is 172 Å². The second-order valence-electron chi connectivity index (χ2n) is 8.10. The van der Waals surface area contributed by atoms with E-state index in [4.69, 9.17) is 4.74 Å². The molecule has 4 rings (SSSR count). The molecule has 2 aromatic rings. The fourth-order valence-corrected chi connectivity index (χ4v) is 4.44. The smallest absolute Gasteiger partial charge is 0.222 e. The van der Waals surface area contributed by atoms with E-state index in [0.717, 1.165) is 68.4 Å². The van der Waals surface area contributed by atoms with Gasteiger partial charge in [0.15, 0.2) is 0 Å². The van der Waals surface area contributed by atoms with E-state index in [1.165, 1.54) is 12.8 Å². The molecule has 7 nitrogen and oxygen atoms in total. The van der Waals surface area contributed by atoms with Crippen LogP contribution in [-0.2, 0) is 24.2 Å². The first-order valence-electron chi connectivity index (χ1n) is 10.7. The number of piperidine rings is 1. The average molecular weight is 398 g/mol. The highest BCUT2D eigenvalue weighted by atomic mass is 16.5. The summed E-state index contributed by atoms with van der Waals surface area (Å²) in [5.41, 5.74) is 1.16. The molecule has 0 bridgehead atoms. The zero-order valence-corrected chi connectivity index (χ0v) is 17.5. The van der Waals surface area contributed by atoms with Crippen LogP contribution in [0.15, 0.2) is 24.3 Å². The minimum atomic E-state index is 0.218. The molecule has 0 aliphatic carbocycles. The molecule has 1 saturated heterocycles. The van der Waals surface area contributed by atoms with E-state index in [2.05, 4.69) is 26.7 Å². The highest BCUT2D eigenvalue weighted by molar-refractivity contribution is 5.76. The van der Waals surface area contributed by atoms with Crippen molar-refractivity contribution in [3.63, 3.8) is 0 Å². The Morgan fingerprint density at radius 3 is 2.69 bits per heavy atom. The Hall–Kier alpha value is -2.41. The summed E-state index contributed by atoms with van der Waals surface area (Å²) in [7, 11) is 3.84. The lowest BCUT2D eigenvalue weighted by atomic mass is 10.0. The largest absolute Gasteiger partial charge is 0.497 e. The van der Waals surface area contributed by atoms with Crippen LogP contribution in [0.2, 0.25) is 0 Å². The lowest BCUT2D eigenvalue weighted by Crippen LogP contribution is -2.35. The van der Waals surface area contributed by atoms with Crippen LogP contribution < -0.4 is 4.74 Å². The molecule has 1 atom stereocenters. The van der Waals surface area contributed by atoms with Crippen molar-refractivity contribution in [3.05, 3.63) is 41.5 Å². The molecule has 3 heterocycles. The molecule has 1 amide bonds. The van der Waals surface area contributed by atoms with Crippen LogP contribution in [-0.4, -0.2) is 64.3 Å². The summed E-state index contributed by atoms with van der Waals surface area (Å²) >= 11 is 0. The van der Waals surface area contributed by atoms with E-state index in [0.29, 0.717) is 12.5 Å². The molecular formula is C22H31N5O2. The Morgan fingerprint density at radius 1 is 1.10 bits per heavy atom. The number of hydrogen-bond acceptors (Lipinski definition) is 5. The van der Waals surface area contributed by atoms with E-state index in [9.17, 15) is 4.79 Å². The van der Waals surface area contributed by atoms with Gasteiger partial charge >= 0.3 is 0 Å². The highest BCUT2D eigenvalue weighted by Crippen LogP contribution is 2.29. The predicted octanol–water partition coefficient (Wildman–Crippen LogP) is 2.46. The van der Waals surface area contributed by atoms with Crippen molar-refractivity contribution in [1.29, 1.82) is 0 Å². The van der Waals surface area contributed by atoms with Gasteiger partial charge in [-0.1, -0.05) is 18.6 Å². The molecule has 2 aliphatic rings. The van der Waals surface area contributed by atoms with Gasteiger partial charge < -0.3 is 14.2 Å². The van der Waals surface area contributed by atoms with E-state index in [1.54, 1.807) is 7.11 Å². The normalized spacial score (nSPS) is 20.2. The maximum atomic E-state index is 12.8. The van der Waals surface area contributed by atoms with Crippen LogP contribution in [0.3, 0.4) is 0 Å². The number of carbonyl (C=O) groups is 1. The molecule has 1 fully saturated rings. The molecule has 0 N–H and O–H groups in total. The zero-order chi connectivity index (χ0) is 20.2. The second-order valence-corrected chi connectivity index (χ2v) is 8.10. The summed E-state index contributed by atoms with van der Waals surface area (Å²) in [5, 5.41) is 9.00. The average Bonchev–Trinajstić information content (AvgIpc) is 3.03. The number of aryl methyl sites for hydroxylation is 1. The number of likely N-dealkylation sites (tertiary alicyclic amines) is 1. The fourth-order valence-electron chi connectivity index (χ4n) is 4.44. The van der Waals surface area contributed by atoms with Crippen molar-refractivity contribution < 1.29 is 9.53 Å². The van der Waals surface area contributed by atoms with Gasteiger partial charge in [-0.15, -0.1) is 10.2 Å². The molecule has 0 spiro atoms. The number of aromatic nitrogens is 3. The van der Waals surface area contributed by atoms with Gasteiger partial charge in [0.25, 0.3) is 0 Å². The first kappa shape index (κ1) is 19.9. The molecule has 1 aromatic carbocycles. The van der Waals surface area contributed by atoms with Gasteiger partial charge in [0.1, 0.15) is 17.4 Å². The van der Waals surface area contributed by atoms with Gasteiger partial charge in [-0.25, -0.2) is 0 Å². The van der Waals surface area contributed by atoms with Gasteiger partial charge in [-0.05, 0) is 50.6 Å². The molecule has 1 aromatic heterocycles. The number of nitrogens with zero attached hydrogens (tertiary/aromatic N) is 5. The van der Waals surface area contributed by atoms with Crippen molar-refractivity contribution in [2.75, 3.05) is 33.8 Å².